The normalized spacial score (nSPS) is 19.5. The van der Waals surface area contributed by atoms with Crippen LogP contribution in [0.15, 0.2) is 48.5 Å². The summed E-state index contributed by atoms with van der Waals surface area (Å²) in [6.45, 7) is 0.854. The molecule has 1 aliphatic rings. The Labute approximate surface area is 154 Å². The fraction of sp³-hybridized carbons (Fsp3) is 0.364. The van der Waals surface area contributed by atoms with Crippen molar-refractivity contribution in [1.82, 2.24) is 0 Å². The third-order valence-electron chi connectivity index (χ3n) is 5.06. The van der Waals surface area contributed by atoms with E-state index in [0.29, 0.717) is 28.7 Å². The van der Waals surface area contributed by atoms with Crippen molar-refractivity contribution < 1.29 is 14.3 Å². The van der Waals surface area contributed by atoms with Gasteiger partial charge in [-0.2, -0.15) is 5.26 Å². The average molecular weight is 349 g/mol. The van der Waals surface area contributed by atoms with Crippen LogP contribution in [-0.4, -0.2) is 19.7 Å². The first-order valence-corrected chi connectivity index (χ1v) is 9.01. The number of hydrogen-bond donors (Lipinski definition) is 0. The van der Waals surface area contributed by atoms with Crippen LogP contribution >= 0.6 is 0 Å². The molecule has 2 aromatic rings. The second kappa shape index (κ2) is 8.64. The molecule has 0 unspecified atom stereocenters. The van der Waals surface area contributed by atoms with Crippen molar-refractivity contribution in [2.24, 2.45) is 5.92 Å². The molecule has 4 nitrogen and oxygen atoms in total. The predicted molar refractivity (Wildman–Crippen MR) is 99.1 cm³/mol. The number of methoxy groups -OCH3 is 1. The number of ether oxygens (including phenoxy) is 2. The van der Waals surface area contributed by atoms with Crippen LogP contribution in [0, 0.1) is 17.2 Å². The highest BCUT2D eigenvalue weighted by molar-refractivity contribution is 5.91. The SMILES string of the molecule is COC[C@H]1CC[C@H](c2ccc(C(=O)Oc3ccc(C#N)cc3)cc2)CC1. The third kappa shape index (κ3) is 4.50. The van der Waals surface area contributed by atoms with Crippen molar-refractivity contribution in [3.63, 3.8) is 0 Å². The van der Waals surface area contributed by atoms with Gasteiger partial charge in [0, 0.05) is 13.7 Å². The van der Waals surface area contributed by atoms with E-state index in [2.05, 4.69) is 0 Å². The molecule has 1 fully saturated rings. The monoisotopic (exact) mass is 349 g/mol. The summed E-state index contributed by atoms with van der Waals surface area (Å²) in [6, 6.07) is 16.3. The lowest BCUT2D eigenvalue weighted by Gasteiger charge is -2.28. The van der Waals surface area contributed by atoms with Gasteiger partial charge >= 0.3 is 5.97 Å². The Balaban J connectivity index is 1.58. The second-order valence-electron chi connectivity index (χ2n) is 6.82. The molecule has 26 heavy (non-hydrogen) atoms. The zero-order valence-electron chi connectivity index (χ0n) is 15.0. The minimum atomic E-state index is -0.384. The van der Waals surface area contributed by atoms with Crippen LogP contribution in [0.3, 0.4) is 0 Å². The van der Waals surface area contributed by atoms with Gasteiger partial charge in [-0.15, -0.1) is 0 Å². The summed E-state index contributed by atoms with van der Waals surface area (Å²) >= 11 is 0. The second-order valence-corrected chi connectivity index (χ2v) is 6.82. The lowest BCUT2D eigenvalue weighted by molar-refractivity contribution is 0.0734. The number of benzene rings is 2. The first-order chi connectivity index (χ1) is 12.7. The summed E-state index contributed by atoms with van der Waals surface area (Å²) in [5, 5.41) is 8.80. The van der Waals surface area contributed by atoms with Crippen LogP contribution < -0.4 is 4.74 Å². The van der Waals surface area contributed by atoms with Crippen LogP contribution in [0.4, 0.5) is 0 Å². The fourth-order valence-electron chi connectivity index (χ4n) is 3.55. The molecule has 0 aromatic heterocycles. The van der Waals surface area contributed by atoms with Crippen LogP contribution in [0.5, 0.6) is 5.75 Å². The Morgan fingerprint density at radius 3 is 2.27 bits per heavy atom. The van der Waals surface area contributed by atoms with Gasteiger partial charge in [0.1, 0.15) is 5.75 Å². The van der Waals surface area contributed by atoms with E-state index in [-0.39, 0.29) is 5.97 Å². The smallest absolute Gasteiger partial charge is 0.343 e. The maximum Gasteiger partial charge on any atom is 0.343 e. The van der Waals surface area contributed by atoms with Crippen molar-refractivity contribution in [2.45, 2.75) is 31.6 Å². The van der Waals surface area contributed by atoms with E-state index < -0.39 is 0 Å². The van der Waals surface area contributed by atoms with E-state index in [9.17, 15) is 4.79 Å². The Morgan fingerprint density at radius 2 is 1.69 bits per heavy atom. The van der Waals surface area contributed by atoms with Crippen molar-refractivity contribution in [3.05, 3.63) is 65.2 Å². The molecule has 0 spiro atoms. The molecule has 0 atom stereocenters. The zero-order valence-corrected chi connectivity index (χ0v) is 15.0. The minimum absolute atomic E-state index is 0.384. The van der Waals surface area contributed by atoms with Gasteiger partial charge < -0.3 is 9.47 Å². The Kier molecular flexibility index (Phi) is 6.04. The highest BCUT2D eigenvalue weighted by Crippen LogP contribution is 2.35. The Morgan fingerprint density at radius 1 is 1.04 bits per heavy atom. The molecule has 0 amide bonds. The minimum Gasteiger partial charge on any atom is -0.423 e. The molecule has 1 aliphatic carbocycles. The van der Waals surface area contributed by atoms with Gasteiger partial charge in [0.05, 0.1) is 17.2 Å². The molecule has 4 heteroatoms. The third-order valence-corrected chi connectivity index (χ3v) is 5.06. The highest BCUT2D eigenvalue weighted by atomic mass is 16.5. The molecule has 134 valence electrons. The zero-order chi connectivity index (χ0) is 18.4. The molecule has 2 aromatic carbocycles. The van der Waals surface area contributed by atoms with Crippen LogP contribution in [0.25, 0.3) is 0 Å². The van der Waals surface area contributed by atoms with Gasteiger partial charge in [-0.05, 0) is 79.5 Å². The van der Waals surface area contributed by atoms with E-state index in [1.807, 2.05) is 30.3 Å². The Hall–Kier alpha value is -2.64. The predicted octanol–water partition coefficient (Wildman–Crippen LogP) is 4.70. The van der Waals surface area contributed by atoms with Gasteiger partial charge in [-0.25, -0.2) is 4.79 Å². The summed E-state index contributed by atoms with van der Waals surface area (Å²) < 4.78 is 10.6. The first-order valence-electron chi connectivity index (χ1n) is 9.01. The van der Waals surface area contributed by atoms with Gasteiger partial charge in [-0.3, -0.25) is 0 Å². The summed E-state index contributed by atoms with van der Waals surface area (Å²) in [6.07, 6.45) is 4.73. The van der Waals surface area contributed by atoms with Crippen LogP contribution in [0.1, 0.15) is 53.1 Å². The number of rotatable bonds is 5. The summed E-state index contributed by atoms with van der Waals surface area (Å²) in [4.78, 5) is 12.3. The molecule has 0 radical (unpaired) electrons. The van der Waals surface area contributed by atoms with Gasteiger partial charge in [-0.1, -0.05) is 12.1 Å². The van der Waals surface area contributed by atoms with Crippen molar-refractivity contribution >= 4 is 5.97 Å². The summed E-state index contributed by atoms with van der Waals surface area (Å²) in [7, 11) is 1.77. The number of nitrogens with zero attached hydrogens (tertiary/aromatic N) is 1. The van der Waals surface area contributed by atoms with E-state index in [1.54, 1.807) is 31.4 Å². The van der Waals surface area contributed by atoms with Crippen LogP contribution in [-0.2, 0) is 4.74 Å². The Bertz CT molecular complexity index is 767. The number of carbonyl (C=O) groups is 1. The van der Waals surface area contributed by atoms with Gasteiger partial charge in [0.15, 0.2) is 0 Å². The van der Waals surface area contributed by atoms with Crippen molar-refractivity contribution in [3.8, 4) is 11.8 Å². The summed E-state index contributed by atoms with van der Waals surface area (Å²) in [5.41, 5.74) is 2.36. The quantitative estimate of drug-likeness (QED) is 0.580. The molecule has 1 saturated carbocycles. The lowest BCUT2D eigenvalue weighted by atomic mass is 9.79. The molecule has 3 rings (SSSR count). The topological polar surface area (TPSA) is 59.3 Å². The number of esters is 1. The molecular formula is C22H23NO3. The standard InChI is InChI=1S/C22H23NO3/c1-25-15-17-2-6-18(7-3-17)19-8-10-20(11-9-19)22(24)26-21-12-4-16(14-23)5-13-21/h4-5,8-13,17-18H,2-3,6-7,15H2,1H3/t17-,18-. The van der Waals surface area contributed by atoms with Gasteiger partial charge in [0.2, 0.25) is 0 Å². The van der Waals surface area contributed by atoms with E-state index in [1.165, 1.54) is 31.2 Å². The molecule has 0 N–H and O–H groups in total. The number of carbonyl (C=O) groups excluding carboxylic acids is 1. The van der Waals surface area contributed by atoms with Crippen LogP contribution in [0.2, 0.25) is 0 Å². The maximum atomic E-state index is 12.3. The number of hydrogen-bond acceptors (Lipinski definition) is 4. The molecule has 0 bridgehead atoms. The highest BCUT2D eigenvalue weighted by Gasteiger charge is 2.22. The number of nitriles is 1. The van der Waals surface area contributed by atoms with Crippen molar-refractivity contribution in [2.75, 3.05) is 13.7 Å². The average Bonchev–Trinajstić information content (AvgIpc) is 2.69. The maximum absolute atomic E-state index is 12.3. The largest absolute Gasteiger partial charge is 0.423 e. The molecular weight excluding hydrogens is 326 g/mol. The fourth-order valence-corrected chi connectivity index (χ4v) is 3.55. The molecule has 0 heterocycles. The lowest BCUT2D eigenvalue weighted by Crippen LogP contribution is -2.17. The molecule has 0 aliphatic heterocycles. The molecule has 0 saturated heterocycles. The van der Waals surface area contributed by atoms with E-state index in [0.717, 1.165) is 6.61 Å². The van der Waals surface area contributed by atoms with E-state index in [4.69, 9.17) is 14.7 Å². The summed E-state index contributed by atoms with van der Waals surface area (Å²) in [5.74, 6) is 1.30. The van der Waals surface area contributed by atoms with E-state index >= 15 is 0 Å². The van der Waals surface area contributed by atoms with Gasteiger partial charge in [0.25, 0.3) is 0 Å². The van der Waals surface area contributed by atoms with Crippen molar-refractivity contribution in [1.29, 1.82) is 5.26 Å². The first kappa shape index (κ1) is 18.2.